The van der Waals surface area contributed by atoms with E-state index in [1.807, 2.05) is 0 Å². The summed E-state index contributed by atoms with van der Waals surface area (Å²) < 4.78 is 0. The standard InChI is InChI=1S/C14H19N/c1-4-12-7-9-13(10-8-12)11-15-14(5-2)6-3/h2,7-10,14-15H,4,6,11H2,1,3H3. The highest BCUT2D eigenvalue weighted by molar-refractivity contribution is 5.22. The summed E-state index contributed by atoms with van der Waals surface area (Å²) in [5.41, 5.74) is 2.67. The number of rotatable bonds is 5. The van der Waals surface area contributed by atoms with Gasteiger partial charge in [-0.05, 0) is 24.0 Å². The van der Waals surface area contributed by atoms with E-state index >= 15 is 0 Å². The van der Waals surface area contributed by atoms with Gasteiger partial charge in [-0.1, -0.05) is 44.0 Å². The Hall–Kier alpha value is -1.26. The molecule has 0 radical (unpaired) electrons. The molecule has 1 atom stereocenters. The molecule has 1 nitrogen and oxygen atoms in total. The number of benzene rings is 1. The summed E-state index contributed by atoms with van der Waals surface area (Å²) in [6.07, 6.45) is 7.45. The van der Waals surface area contributed by atoms with Crippen LogP contribution in [0.25, 0.3) is 0 Å². The van der Waals surface area contributed by atoms with Gasteiger partial charge in [-0.15, -0.1) is 6.42 Å². The Morgan fingerprint density at radius 1 is 1.20 bits per heavy atom. The van der Waals surface area contributed by atoms with Gasteiger partial charge in [0.25, 0.3) is 0 Å². The van der Waals surface area contributed by atoms with Crippen LogP contribution in [0.3, 0.4) is 0 Å². The van der Waals surface area contributed by atoms with Gasteiger partial charge in [0.2, 0.25) is 0 Å². The summed E-state index contributed by atoms with van der Waals surface area (Å²) in [5.74, 6) is 2.73. The molecule has 0 aromatic heterocycles. The van der Waals surface area contributed by atoms with Gasteiger partial charge >= 0.3 is 0 Å². The van der Waals surface area contributed by atoms with Crippen molar-refractivity contribution in [2.24, 2.45) is 0 Å². The van der Waals surface area contributed by atoms with Crippen LogP contribution in [0.1, 0.15) is 31.4 Å². The SMILES string of the molecule is C#CC(CC)NCc1ccc(CC)cc1. The molecule has 0 saturated carbocycles. The van der Waals surface area contributed by atoms with Gasteiger partial charge in [-0.3, -0.25) is 5.32 Å². The van der Waals surface area contributed by atoms with Gasteiger partial charge in [0.1, 0.15) is 0 Å². The molecule has 1 aromatic carbocycles. The molecule has 1 N–H and O–H groups in total. The zero-order chi connectivity index (χ0) is 11.1. The van der Waals surface area contributed by atoms with E-state index in [1.54, 1.807) is 0 Å². The van der Waals surface area contributed by atoms with Crippen LogP contribution in [-0.2, 0) is 13.0 Å². The predicted octanol–water partition coefficient (Wildman–Crippen LogP) is 2.75. The molecule has 15 heavy (non-hydrogen) atoms. The molecule has 0 aliphatic heterocycles. The summed E-state index contributed by atoms with van der Waals surface area (Å²) in [6, 6.07) is 8.86. The first-order valence-corrected chi connectivity index (χ1v) is 5.57. The number of aryl methyl sites for hydroxylation is 1. The van der Waals surface area contributed by atoms with Crippen molar-refractivity contribution in [2.75, 3.05) is 0 Å². The van der Waals surface area contributed by atoms with Gasteiger partial charge in [0.05, 0.1) is 6.04 Å². The lowest BCUT2D eigenvalue weighted by Crippen LogP contribution is -2.26. The zero-order valence-electron chi connectivity index (χ0n) is 9.59. The van der Waals surface area contributed by atoms with E-state index in [4.69, 9.17) is 6.42 Å². The molecule has 1 heteroatoms. The average molecular weight is 201 g/mol. The van der Waals surface area contributed by atoms with Crippen LogP contribution in [-0.4, -0.2) is 6.04 Å². The lowest BCUT2D eigenvalue weighted by molar-refractivity contribution is 0.592. The monoisotopic (exact) mass is 201 g/mol. The molecular weight excluding hydrogens is 182 g/mol. The van der Waals surface area contributed by atoms with Crippen molar-refractivity contribution in [3.8, 4) is 12.3 Å². The minimum Gasteiger partial charge on any atom is -0.300 e. The first kappa shape index (κ1) is 11.8. The second-order valence-electron chi connectivity index (χ2n) is 3.68. The molecule has 0 aliphatic carbocycles. The molecule has 1 aromatic rings. The maximum absolute atomic E-state index is 5.38. The Bertz CT molecular complexity index is 318. The van der Waals surface area contributed by atoms with E-state index in [-0.39, 0.29) is 6.04 Å². The number of hydrogen-bond donors (Lipinski definition) is 1. The third kappa shape index (κ3) is 3.77. The van der Waals surface area contributed by atoms with Crippen molar-refractivity contribution in [1.29, 1.82) is 0 Å². The van der Waals surface area contributed by atoms with Crippen molar-refractivity contribution in [1.82, 2.24) is 5.32 Å². The fraction of sp³-hybridized carbons (Fsp3) is 0.429. The summed E-state index contributed by atoms with van der Waals surface area (Å²) in [7, 11) is 0. The van der Waals surface area contributed by atoms with Gasteiger partial charge in [-0.25, -0.2) is 0 Å². The van der Waals surface area contributed by atoms with Crippen LogP contribution >= 0.6 is 0 Å². The summed E-state index contributed by atoms with van der Waals surface area (Å²) in [4.78, 5) is 0. The number of terminal acetylenes is 1. The highest BCUT2D eigenvalue weighted by atomic mass is 14.9. The van der Waals surface area contributed by atoms with Gasteiger partial charge < -0.3 is 0 Å². The molecule has 0 heterocycles. The minimum atomic E-state index is 0.191. The third-order valence-corrected chi connectivity index (χ3v) is 2.59. The molecule has 0 spiro atoms. The first-order valence-electron chi connectivity index (χ1n) is 5.57. The van der Waals surface area contributed by atoms with Gasteiger partial charge in [0, 0.05) is 6.54 Å². The van der Waals surface area contributed by atoms with Crippen molar-refractivity contribution in [3.63, 3.8) is 0 Å². The summed E-state index contributed by atoms with van der Waals surface area (Å²) >= 11 is 0. The topological polar surface area (TPSA) is 12.0 Å². The van der Waals surface area contributed by atoms with Crippen molar-refractivity contribution < 1.29 is 0 Å². The Morgan fingerprint density at radius 2 is 1.80 bits per heavy atom. The fourth-order valence-electron chi connectivity index (χ4n) is 1.45. The van der Waals surface area contributed by atoms with Crippen LogP contribution in [0.4, 0.5) is 0 Å². The Labute approximate surface area is 92.9 Å². The maximum Gasteiger partial charge on any atom is 0.0686 e. The smallest absolute Gasteiger partial charge is 0.0686 e. The quantitative estimate of drug-likeness (QED) is 0.722. The lowest BCUT2D eigenvalue weighted by atomic mass is 10.1. The van der Waals surface area contributed by atoms with Crippen molar-refractivity contribution >= 4 is 0 Å². The Balaban J connectivity index is 2.48. The van der Waals surface area contributed by atoms with E-state index in [0.29, 0.717) is 0 Å². The van der Waals surface area contributed by atoms with Crippen molar-refractivity contribution in [2.45, 2.75) is 39.3 Å². The fourth-order valence-corrected chi connectivity index (χ4v) is 1.45. The van der Waals surface area contributed by atoms with Gasteiger partial charge in [-0.2, -0.15) is 0 Å². The van der Waals surface area contributed by atoms with Crippen LogP contribution in [0.2, 0.25) is 0 Å². The molecule has 0 fully saturated rings. The average Bonchev–Trinajstić information content (AvgIpc) is 2.31. The molecule has 1 rings (SSSR count). The van der Waals surface area contributed by atoms with E-state index < -0.39 is 0 Å². The molecular formula is C14H19N. The molecule has 0 amide bonds. The van der Waals surface area contributed by atoms with E-state index in [1.165, 1.54) is 11.1 Å². The molecule has 80 valence electrons. The first-order chi connectivity index (χ1) is 7.30. The minimum absolute atomic E-state index is 0.191. The number of hydrogen-bond acceptors (Lipinski definition) is 1. The van der Waals surface area contributed by atoms with Crippen LogP contribution < -0.4 is 5.32 Å². The second kappa shape index (κ2) is 6.27. The molecule has 0 saturated heterocycles. The second-order valence-corrected chi connectivity index (χ2v) is 3.68. The summed E-state index contributed by atoms with van der Waals surface area (Å²) in [6.45, 7) is 5.11. The van der Waals surface area contributed by atoms with E-state index in [9.17, 15) is 0 Å². The molecule has 1 unspecified atom stereocenters. The van der Waals surface area contributed by atoms with E-state index in [2.05, 4.69) is 49.4 Å². The van der Waals surface area contributed by atoms with Crippen LogP contribution in [0, 0.1) is 12.3 Å². The Morgan fingerprint density at radius 3 is 2.27 bits per heavy atom. The predicted molar refractivity (Wildman–Crippen MR) is 65.6 cm³/mol. The summed E-state index contributed by atoms with van der Waals surface area (Å²) in [5, 5.41) is 3.34. The van der Waals surface area contributed by atoms with E-state index in [0.717, 1.165) is 19.4 Å². The van der Waals surface area contributed by atoms with Crippen LogP contribution in [0.5, 0.6) is 0 Å². The molecule has 0 bridgehead atoms. The highest BCUT2D eigenvalue weighted by Crippen LogP contribution is 2.05. The highest BCUT2D eigenvalue weighted by Gasteiger charge is 2.00. The normalized spacial score (nSPS) is 12.1. The third-order valence-electron chi connectivity index (χ3n) is 2.59. The number of nitrogens with one attached hydrogen (secondary N) is 1. The maximum atomic E-state index is 5.38. The molecule has 0 aliphatic rings. The largest absolute Gasteiger partial charge is 0.300 e. The van der Waals surface area contributed by atoms with Gasteiger partial charge in [0.15, 0.2) is 0 Å². The Kier molecular flexibility index (Phi) is 4.93. The van der Waals surface area contributed by atoms with Crippen molar-refractivity contribution in [3.05, 3.63) is 35.4 Å². The zero-order valence-corrected chi connectivity index (χ0v) is 9.59. The lowest BCUT2D eigenvalue weighted by Gasteiger charge is -2.10. The van der Waals surface area contributed by atoms with Crippen LogP contribution in [0.15, 0.2) is 24.3 Å².